The molecule has 3 nitrogen and oxygen atoms in total. The van der Waals surface area contributed by atoms with Crippen LogP contribution in [0.25, 0.3) is 0 Å². The third-order valence-corrected chi connectivity index (χ3v) is 3.38. The van der Waals surface area contributed by atoms with Crippen LogP contribution >= 0.6 is 0 Å². The molecule has 2 atom stereocenters. The van der Waals surface area contributed by atoms with Gasteiger partial charge >= 0.3 is 0 Å². The second-order valence-corrected chi connectivity index (χ2v) is 6.06. The summed E-state index contributed by atoms with van der Waals surface area (Å²) in [5, 5.41) is 3.54. The topological polar surface area (TPSA) is 30.5 Å². The Labute approximate surface area is 123 Å². The first-order chi connectivity index (χ1) is 9.43. The van der Waals surface area contributed by atoms with Gasteiger partial charge in [-0.3, -0.25) is 0 Å². The van der Waals surface area contributed by atoms with Gasteiger partial charge in [-0.1, -0.05) is 39.8 Å². The number of likely N-dealkylation sites (N-methyl/N-ethyl adjacent to an activating group) is 1. The zero-order valence-electron chi connectivity index (χ0n) is 13.7. The van der Waals surface area contributed by atoms with Crippen LogP contribution in [0, 0.1) is 5.41 Å². The number of benzene rings is 1. The van der Waals surface area contributed by atoms with Crippen LogP contribution in [-0.2, 0) is 4.74 Å². The predicted octanol–water partition coefficient (Wildman–Crippen LogP) is 3.80. The molecule has 0 heterocycles. The number of nitrogens with one attached hydrogen (secondary N) is 1. The summed E-state index contributed by atoms with van der Waals surface area (Å²) in [6.07, 6.45) is 0.111. The van der Waals surface area contributed by atoms with Gasteiger partial charge in [-0.15, -0.1) is 0 Å². The van der Waals surface area contributed by atoms with Crippen molar-refractivity contribution in [2.75, 3.05) is 20.3 Å². The summed E-state index contributed by atoms with van der Waals surface area (Å²) in [4.78, 5) is 0. The molecule has 0 saturated carbocycles. The van der Waals surface area contributed by atoms with E-state index in [4.69, 9.17) is 9.47 Å². The molecule has 0 aliphatic rings. The smallest absolute Gasteiger partial charge is 0.119 e. The van der Waals surface area contributed by atoms with Crippen molar-refractivity contribution in [3.05, 3.63) is 29.8 Å². The second kappa shape index (κ2) is 7.65. The van der Waals surface area contributed by atoms with E-state index in [1.54, 1.807) is 7.11 Å². The summed E-state index contributed by atoms with van der Waals surface area (Å²) in [5.74, 6) is 0.913. The highest BCUT2D eigenvalue weighted by molar-refractivity contribution is 5.30. The second-order valence-electron chi connectivity index (χ2n) is 6.06. The van der Waals surface area contributed by atoms with Gasteiger partial charge in [-0.25, -0.2) is 0 Å². The van der Waals surface area contributed by atoms with Crippen molar-refractivity contribution >= 4 is 0 Å². The molecule has 0 radical (unpaired) electrons. The summed E-state index contributed by atoms with van der Waals surface area (Å²) in [7, 11) is 1.79. The van der Waals surface area contributed by atoms with Gasteiger partial charge in [0.25, 0.3) is 0 Å². The lowest BCUT2D eigenvalue weighted by molar-refractivity contribution is -0.0116. The SMILES string of the molecule is CCNC(c1ccc(OCC)cc1)C(OC)C(C)(C)C. The third-order valence-electron chi connectivity index (χ3n) is 3.38. The molecular formula is C17H29NO2. The third kappa shape index (κ3) is 4.50. The molecule has 1 aromatic rings. The maximum absolute atomic E-state index is 5.77. The first-order valence-corrected chi connectivity index (χ1v) is 7.43. The summed E-state index contributed by atoms with van der Waals surface area (Å²) >= 11 is 0. The van der Waals surface area contributed by atoms with E-state index < -0.39 is 0 Å². The van der Waals surface area contributed by atoms with Crippen molar-refractivity contribution in [2.45, 2.75) is 46.8 Å². The fourth-order valence-corrected chi connectivity index (χ4v) is 2.55. The first-order valence-electron chi connectivity index (χ1n) is 7.43. The largest absolute Gasteiger partial charge is 0.494 e. The quantitative estimate of drug-likeness (QED) is 0.823. The monoisotopic (exact) mass is 279 g/mol. The molecule has 2 unspecified atom stereocenters. The van der Waals surface area contributed by atoms with Crippen LogP contribution in [0.4, 0.5) is 0 Å². The number of ether oxygens (including phenoxy) is 2. The zero-order valence-corrected chi connectivity index (χ0v) is 13.7. The molecular weight excluding hydrogens is 250 g/mol. The summed E-state index contributed by atoms with van der Waals surface area (Å²) < 4.78 is 11.3. The van der Waals surface area contributed by atoms with Crippen LogP contribution in [-0.4, -0.2) is 26.4 Å². The van der Waals surface area contributed by atoms with Crippen molar-refractivity contribution in [1.29, 1.82) is 0 Å². The first kappa shape index (κ1) is 17.0. The van der Waals surface area contributed by atoms with E-state index in [-0.39, 0.29) is 17.6 Å². The molecule has 0 amide bonds. The number of hydrogen-bond donors (Lipinski definition) is 1. The lowest BCUT2D eigenvalue weighted by Gasteiger charge is -2.36. The highest BCUT2D eigenvalue weighted by Crippen LogP contribution is 2.33. The van der Waals surface area contributed by atoms with Gasteiger partial charge in [0.2, 0.25) is 0 Å². The van der Waals surface area contributed by atoms with Crippen LogP contribution in [0.3, 0.4) is 0 Å². The van der Waals surface area contributed by atoms with E-state index in [2.05, 4.69) is 45.1 Å². The standard InChI is InChI=1S/C17H29NO2/c1-7-18-15(16(19-6)17(3,4)5)13-9-11-14(12-10-13)20-8-2/h9-12,15-16,18H,7-8H2,1-6H3. The van der Waals surface area contributed by atoms with Crippen molar-refractivity contribution in [3.63, 3.8) is 0 Å². The fourth-order valence-electron chi connectivity index (χ4n) is 2.55. The van der Waals surface area contributed by atoms with E-state index in [9.17, 15) is 0 Å². The number of rotatable bonds is 7. The molecule has 1 rings (SSSR count). The summed E-state index contributed by atoms with van der Waals surface area (Å²) in [6.45, 7) is 12.3. The van der Waals surface area contributed by atoms with E-state index in [0.29, 0.717) is 6.61 Å². The van der Waals surface area contributed by atoms with Crippen LogP contribution in [0.5, 0.6) is 5.75 Å². The summed E-state index contributed by atoms with van der Waals surface area (Å²) in [6, 6.07) is 8.48. The molecule has 0 aliphatic carbocycles. The Hall–Kier alpha value is -1.06. The maximum Gasteiger partial charge on any atom is 0.119 e. The van der Waals surface area contributed by atoms with Crippen molar-refractivity contribution in [1.82, 2.24) is 5.32 Å². The van der Waals surface area contributed by atoms with Crippen molar-refractivity contribution in [2.24, 2.45) is 5.41 Å². The van der Waals surface area contributed by atoms with E-state index in [1.165, 1.54) is 5.56 Å². The highest BCUT2D eigenvalue weighted by Gasteiger charge is 2.32. The average Bonchev–Trinajstić information content (AvgIpc) is 2.38. The van der Waals surface area contributed by atoms with Crippen molar-refractivity contribution in [3.8, 4) is 5.75 Å². The molecule has 0 aliphatic heterocycles. The number of methoxy groups -OCH3 is 1. The Balaban J connectivity index is 3.00. The molecule has 0 aromatic heterocycles. The predicted molar refractivity (Wildman–Crippen MR) is 84.3 cm³/mol. The van der Waals surface area contributed by atoms with Gasteiger partial charge in [0.1, 0.15) is 5.75 Å². The van der Waals surface area contributed by atoms with E-state index in [1.807, 2.05) is 19.1 Å². The zero-order chi connectivity index (χ0) is 15.2. The van der Waals surface area contributed by atoms with Crippen LogP contribution in [0.2, 0.25) is 0 Å². The molecule has 0 fully saturated rings. The highest BCUT2D eigenvalue weighted by atomic mass is 16.5. The molecule has 0 spiro atoms. The molecule has 114 valence electrons. The Morgan fingerprint density at radius 2 is 1.70 bits per heavy atom. The average molecular weight is 279 g/mol. The van der Waals surface area contributed by atoms with Gasteiger partial charge < -0.3 is 14.8 Å². The molecule has 1 N–H and O–H groups in total. The lowest BCUT2D eigenvalue weighted by atomic mass is 9.82. The molecule has 1 aromatic carbocycles. The van der Waals surface area contributed by atoms with E-state index >= 15 is 0 Å². The Kier molecular flexibility index (Phi) is 6.50. The normalized spacial score (nSPS) is 14.9. The molecule has 0 saturated heterocycles. The Morgan fingerprint density at radius 3 is 2.10 bits per heavy atom. The van der Waals surface area contributed by atoms with Crippen LogP contribution in [0.1, 0.15) is 46.2 Å². The fraction of sp³-hybridized carbons (Fsp3) is 0.647. The Bertz CT molecular complexity index is 381. The number of hydrogen-bond acceptors (Lipinski definition) is 3. The molecule has 20 heavy (non-hydrogen) atoms. The Morgan fingerprint density at radius 1 is 1.10 bits per heavy atom. The van der Waals surface area contributed by atoms with Gasteiger partial charge in [0, 0.05) is 7.11 Å². The maximum atomic E-state index is 5.77. The summed E-state index contributed by atoms with van der Waals surface area (Å²) in [5.41, 5.74) is 1.30. The molecule has 0 bridgehead atoms. The van der Waals surface area contributed by atoms with Crippen LogP contribution in [0.15, 0.2) is 24.3 Å². The minimum absolute atomic E-state index is 0.0696. The van der Waals surface area contributed by atoms with Gasteiger partial charge in [-0.2, -0.15) is 0 Å². The molecule has 3 heteroatoms. The minimum Gasteiger partial charge on any atom is -0.494 e. The minimum atomic E-state index is 0.0696. The van der Waals surface area contributed by atoms with Crippen LogP contribution < -0.4 is 10.1 Å². The van der Waals surface area contributed by atoms with Gasteiger partial charge in [-0.05, 0) is 36.6 Å². The lowest BCUT2D eigenvalue weighted by Crippen LogP contribution is -2.41. The van der Waals surface area contributed by atoms with Gasteiger partial charge in [0.05, 0.1) is 18.8 Å². The van der Waals surface area contributed by atoms with Gasteiger partial charge in [0.15, 0.2) is 0 Å². The van der Waals surface area contributed by atoms with Crippen molar-refractivity contribution < 1.29 is 9.47 Å². The van der Waals surface area contributed by atoms with E-state index in [0.717, 1.165) is 12.3 Å².